The highest BCUT2D eigenvalue weighted by atomic mass is 31.2. The molecule has 0 aromatic rings. The maximum Gasteiger partial charge on any atom is 0.268 e. The molecule has 1 amide bonds. The van der Waals surface area contributed by atoms with Crippen LogP contribution in [0.5, 0.6) is 0 Å². The first kappa shape index (κ1) is 42.5. The Morgan fingerprint density at radius 2 is 1.39 bits per heavy atom. The summed E-state index contributed by atoms with van der Waals surface area (Å²) in [6, 6.07) is -0.887. The fourth-order valence-corrected chi connectivity index (χ4v) is 5.00. The highest BCUT2D eigenvalue weighted by molar-refractivity contribution is 7.45. The fraction of sp³-hybridized carbons (Fsp3) is 0.743. The molecule has 9 heteroatoms. The zero-order chi connectivity index (χ0) is 32.9. The highest BCUT2D eigenvalue weighted by Crippen LogP contribution is 2.38. The maximum absolute atomic E-state index is 12.6. The second-order valence-electron chi connectivity index (χ2n) is 12.5. The highest BCUT2D eigenvalue weighted by Gasteiger charge is 2.23. The van der Waals surface area contributed by atoms with Gasteiger partial charge in [-0.05, 0) is 51.4 Å². The maximum atomic E-state index is 12.6. The molecular formula is C35H65N2O6P. The zero-order valence-corrected chi connectivity index (χ0v) is 29.5. The van der Waals surface area contributed by atoms with E-state index >= 15 is 0 Å². The van der Waals surface area contributed by atoms with Crippen molar-refractivity contribution in [1.29, 1.82) is 0 Å². The molecule has 0 aliphatic rings. The van der Waals surface area contributed by atoms with Gasteiger partial charge in [0.15, 0.2) is 0 Å². The fourth-order valence-electron chi connectivity index (χ4n) is 4.28. The predicted octanol–water partition coefficient (Wildman–Crippen LogP) is 7.55. The number of phosphoric ester groups is 1. The quantitative estimate of drug-likeness (QED) is 0.0378. The summed E-state index contributed by atoms with van der Waals surface area (Å²) in [5.74, 6) is -0.220. The van der Waals surface area contributed by atoms with Crippen molar-refractivity contribution in [3.8, 4) is 0 Å². The minimum absolute atomic E-state index is 0.00627. The van der Waals surface area contributed by atoms with Crippen LogP contribution in [0.3, 0.4) is 0 Å². The van der Waals surface area contributed by atoms with Crippen molar-refractivity contribution in [2.24, 2.45) is 0 Å². The van der Waals surface area contributed by atoms with E-state index in [9.17, 15) is 19.4 Å². The van der Waals surface area contributed by atoms with Gasteiger partial charge in [0.2, 0.25) is 5.91 Å². The average molecular weight is 641 g/mol. The Hall–Kier alpha value is -1.54. The molecule has 0 heterocycles. The molecule has 0 saturated carbocycles. The first-order chi connectivity index (χ1) is 21.0. The van der Waals surface area contributed by atoms with Gasteiger partial charge < -0.3 is 28.8 Å². The first-order valence-electron chi connectivity index (χ1n) is 17.0. The van der Waals surface area contributed by atoms with Gasteiger partial charge in [-0.2, -0.15) is 0 Å². The third kappa shape index (κ3) is 29.2. The number of likely N-dealkylation sites (N-methyl/N-ethyl adjacent to an activating group) is 1. The Balaban J connectivity index is 4.36. The first-order valence-corrected chi connectivity index (χ1v) is 18.5. The van der Waals surface area contributed by atoms with E-state index in [2.05, 4.69) is 55.6 Å². The SMILES string of the molecule is CC/C=C\C/C=C\C/C=C\CCCCCCCCCC(=O)NC(COP(=O)([O-])OCC[N+](C)(C)C)C(O)/C=C/CCCCC. The number of rotatable bonds is 29. The molecule has 44 heavy (non-hydrogen) atoms. The summed E-state index contributed by atoms with van der Waals surface area (Å²) < 4.78 is 22.9. The van der Waals surface area contributed by atoms with E-state index in [0.717, 1.165) is 77.0 Å². The smallest absolute Gasteiger partial charge is 0.268 e. The Kier molecular flexibility index (Phi) is 26.8. The molecule has 0 rings (SSSR count). The number of phosphoric acid groups is 1. The van der Waals surface area contributed by atoms with E-state index in [1.165, 1.54) is 19.3 Å². The van der Waals surface area contributed by atoms with Crippen molar-refractivity contribution >= 4 is 13.7 Å². The molecule has 0 saturated heterocycles. The molecule has 0 aliphatic carbocycles. The van der Waals surface area contributed by atoms with Gasteiger partial charge >= 0.3 is 0 Å². The number of aliphatic hydroxyl groups is 1. The molecule has 2 N–H and O–H groups in total. The second-order valence-corrected chi connectivity index (χ2v) is 13.9. The summed E-state index contributed by atoms with van der Waals surface area (Å²) in [5.41, 5.74) is 0. The van der Waals surface area contributed by atoms with Crippen LogP contribution in [-0.2, 0) is 18.4 Å². The largest absolute Gasteiger partial charge is 0.756 e. The van der Waals surface area contributed by atoms with Crippen LogP contribution in [0.2, 0.25) is 0 Å². The van der Waals surface area contributed by atoms with Gasteiger partial charge in [0.25, 0.3) is 7.82 Å². The topological polar surface area (TPSA) is 108 Å². The van der Waals surface area contributed by atoms with Crippen LogP contribution in [0, 0.1) is 0 Å². The van der Waals surface area contributed by atoms with Crippen molar-refractivity contribution in [3.05, 3.63) is 48.6 Å². The lowest BCUT2D eigenvalue weighted by Crippen LogP contribution is -2.45. The van der Waals surface area contributed by atoms with Crippen molar-refractivity contribution in [2.45, 2.75) is 129 Å². The predicted molar refractivity (Wildman–Crippen MR) is 182 cm³/mol. The van der Waals surface area contributed by atoms with E-state index in [-0.39, 0.29) is 19.1 Å². The summed E-state index contributed by atoms with van der Waals surface area (Å²) in [6.45, 7) is 4.37. The molecule has 3 atom stereocenters. The Labute approximate surface area is 269 Å². The van der Waals surface area contributed by atoms with Gasteiger partial charge in [-0.15, -0.1) is 0 Å². The van der Waals surface area contributed by atoms with Crippen molar-refractivity contribution in [3.63, 3.8) is 0 Å². The number of nitrogens with one attached hydrogen (secondary N) is 1. The normalized spacial score (nSPS) is 15.5. The molecule has 0 radical (unpaired) electrons. The summed E-state index contributed by atoms with van der Waals surface area (Å²) in [4.78, 5) is 24.9. The van der Waals surface area contributed by atoms with E-state index in [4.69, 9.17) is 9.05 Å². The lowest BCUT2D eigenvalue weighted by atomic mass is 10.1. The molecule has 0 aromatic carbocycles. The third-order valence-electron chi connectivity index (χ3n) is 7.04. The molecule has 0 aliphatic heterocycles. The minimum atomic E-state index is -4.57. The lowest BCUT2D eigenvalue weighted by Gasteiger charge is -2.29. The number of quaternary nitrogens is 1. The monoisotopic (exact) mass is 640 g/mol. The molecule has 0 aromatic heterocycles. The van der Waals surface area contributed by atoms with Crippen LogP contribution >= 0.6 is 7.82 Å². The van der Waals surface area contributed by atoms with Gasteiger partial charge in [-0.3, -0.25) is 9.36 Å². The van der Waals surface area contributed by atoms with Crippen LogP contribution in [0.1, 0.15) is 117 Å². The van der Waals surface area contributed by atoms with E-state index in [1.807, 2.05) is 27.2 Å². The lowest BCUT2D eigenvalue weighted by molar-refractivity contribution is -0.870. The Morgan fingerprint density at radius 3 is 2.02 bits per heavy atom. The van der Waals surface area contributed by atoms with Gasteiger partial charge in [0.1, 0.15) is 13.2 Å². The number of allylic oxidation sites excluding steroid dienone is 7. The number of hydrogen-bond acceptors (Lipinski definition) is 6. The zero-order valence-electron chi connectivity index (χ0n) is 28.6. The number of carbonyl (C=O) groups excluding carboxylic acids is 1. The molecular weight excluding hydrogens is 575 g/mol. The number of unbranched alkanes of at least 4 members (excludes halogenated alkanes) is 10. The van der Waals surface area contributed by atoms with E-state index in [0.29, 0.717) is 17.4 Å². The summed E-state index contributed by atoms with van der Waals surface area (Å²) in [7, 11) is 1.24. The minimum Gasteiger partial charge on any atom is -0.756 e. The summed E-state index contributed by atoms with van der Waals surface area (Å²) in [5, 5.41) is 13.5. The Morgan fingerprint density at radius 1 is 0.818 bits per heavy atom. The van der Waals surface area contributed by atoms with Crippen LogP contribution in [0.25, 0.3) is 0 Å². The van der Waals surface area contributed by atoms with Crippen molar-refractivity contribution in [2.75, 3.05) is 40.9 Å². The third-order valence-corrected chi connectivity index (χ3v) is 8.01. The number of carbonyl (C=O) groups is 1. The molecule has 0 spiro atoms. The van der Waals surface area contributed by atoms with Gasteiger partial charge in [0.05, 0.1) is 39.9 Å². The number of hydrogen-bond donors (Lipinski definition) is 2. The number of nitrogens with zero attached hydrogens (tertiary/aromatic N) is 1. The van der Waals surface area contributed by atoms with Crippen LogP contribution in [0.4, 0.5) is 0 Å². The second kappa shape index (κ2) is 27.7. The van der Waals surface area contributed by atoms with Crippen LogP contribution in [-0.4, -0.2) is 68.5 Å². The van der Waals surface area contributed by atoms with Crippen molar-refractivity contribution < 1.29 is 32.9 Å². The molecule has 3 unspecified atom stereocenters. The molecule has 0 bridgehead atoms. The van der Waals surface area contributed by atoms with Crippen molar-refractivity contribution in [1.82, 2.24) is 5.32 Å². The van der Waals surface area contributed by atoms with E-state index in [1.54, 1.807) is 6.08 Å². The average Bonchev–Trinajstić information content (AvgIpc) is 2.95. The summed E-state index contributed by atoms with van der Waals surface area (Å²) in [6.07, 6.45) is 31.9. The van der Waals surface area contributed by atoms with Gasteiger partial charge in [0, 0.05) is 6.42 Å². The molecule has 0 fully saturated rings. The van der Waals surface area contributed by atoms with Crippen LogP contribution in [0.15, 0.2) is 48.6 Å². The molecule has 8 nitrogen and oxygen atoms in total. The number of aliphatic hydroxyl groups excluding tert-OH is 1. The standard InChI is InChI=1S/C35H65N2O6P/c1-6-8-10-12-13-14-15-16-17-18-19-20-21-22-23-25-27-29-35(39)36-33(34(38)28-26-24-11-9-7-2)32-43-44(40,41)42-31-30-37(3,4)5/h8,10,13-14,16-17,26,28,33-34,38H,6-7,9,11-12,15,18-25,27,29-32H2,1-5H3,(H-,36,39,40,41)/b10-8-,14-13-,17-16-,28-26+. The van der Waals surface area contributed by atoms with Gasteiger partial charge in [-0.1, -0.05) is 107 Å². The van der Waals surface area contributed by atoms with E-state index < -0.39 is 20.0 Å². The van der Waals surface area contributed by atoms with Crippen LogP contribution < -0.4 is 10.2 Å². The Bertz CT molecular complexity index is 866. The summed E-state index contributed by atoms with van der Waals surface area (Å²) >= 11 is 0. The number of amides is 1. The molecule has 256 valence electrons. The van der Waals surface area contributed by atoms with Gasteiger partial charge in [-0.25, -0.2) is 0 Å².